The SMILES string of the molecule is COC(=O)N[C@H](COCc1ccccc1)C(C)=O. The maximum absolute atomic E-state index is 11.3. The van der Waals surface area contributed by atoms with E-state index in [-0.39, 0.29) is 12.4 Å². The van der Waals surface area contributed by atoms with Gasteiger partial charge in [0.1, 0.15) is 6.04 Å². The van der Waals surface area contributed by atoms with Crippen molar-refractivity contribution in [3.63, 3.8) is 0 Å². The van der Waals surface area contributed by atoms with E-state index in [4.69, 9.17) is 4.74 Å². The van der Waals surface area contributed by atoms with Crippen LogP contribution in [0.4, 0.5) is 4.79 Å². The molecule has 0 heterocycles. The van der Waals surface area contributed by atoms with Gasteiger partial charge in [0.05, 0.1) is 20.3 Å². The number of ether oxygens (including phenoxy) is 2. The number of benzene rings is 1. The Morgan fingerprint density at radius 1 is 1.28 bits per heavy atom. The van der Waals surface area contributed by atoms with Gasteiger partial charge in [0.2, 0.25) is 0 Å². The molecule has 0 aliphatic rings. The summed E-state index contributed by atoms with van der Waals surface area (Å²) in [5.41, 5.74) is 1.01. The topological polar surface area (TPSA) is 64.6 Å². The Bertz CT molecular complexity index is 391. The van der Waals surface area contributed by atoms with Crippen LogP contribution in [0.25, 0.3) is 0 Å². The highest BCUT2D eigenvalue weighted by Crippen LogP contribution is 2.01. The molecule has 5 heteroatoms. The van der Waals surface area contributed by atoms with Gasteiger partial charge in [-0.1, -0.05) is 30.3 Å². The van der Waals surface area contributed by atoms with Crippen LogP contribution in [0.3, 0.4) is 0 Å². The zero-order chi connectivity index (χ0) is 13.4. The zero-order valence-corrected chi connectivity index (χ0v) is 10.5. The first kappa shape index (κ1) is 14.2. The van der Waals surface area contributed by atoms with E-state index in [2.05, 4.69) is 10.1 Å². The second-order valence-electron chi connectivity index (χ2n) is 3.80. The number of carbonyl (C=O) groups excluding carboxylic acids is 2. The molecular formula is C13H17NO4. The first-order valence-corrected chi connectivity index (χ1v) is 5.60. The highest BCUT2D eigenvalue weighted by molar-refractivity contribution is 5.85. The van der Waals surface area contributed by atoms with Crippen molar-refractivity contribution in [1.82, 2.24) is 5.32 Å². The van der Waals surface area contributed by atoms with Gasteiger partial charge in [-0.25, -0.2) is 4.79 Å². The lowest BCUT2D eigenvalue weighted by molar-refractivity contribution is -0.120. The molecule has 0 aliphatic heterocycles. The van der Waals surface area contributed by atoms with E-state index in [1.807, 2.05) is 30.3 Å². The lowest BCUT2D eigenvalue weighted by Gasteiger charge is -2.15. The molecule has 1 amide bonds. The fourth-order valence-electron chi connectivity index (χ4n) is 1.33. The van der Waals surface area contributed by atoms with Crippen molar-refractivity contribution in [3.05, 3.63) is 35.9 Å². The first-order valence-electron chi connectivity index (χ1n) is 5.60. The van der Waals surface area contributed by atoms with Gasteiger partial charge in [0.25, 0.3) is 0 Å². The van der Waals surface area contributed by atoms with E-state index in [1.165, 1.54) is 14.0 Å². The number of rotatable bonds is 6. The van der Waals surface area contributed by atoms with Crippen molar-refractivity contribution in [2.75, 3.05) is 13.7 Å². The lowest BCUT2D eigenvalue weighted by atomic mass is 10.2. The van der Waals surface area contributed by atoms with Crippen LogP contribution in [0.1, 0.15) is 12.5 Å². The number of ketones is 1. The van der Waals surface area contributed by atoms with E-state index in [0.717, 1.165) is 5.56 Å². The minimum Gasteiger partial charge on any atom is -0.453 e. The summed E-state index contributed by atoms with van der Waals surface area (Å²) in [7, 11) is 1.25. The molecule has 0 spiro atoms. The van der Waals surface area contributed by atoms with Crippen molar-refractivity contribution < 1.29 is 19.1 Å². The van der Waals surface area contributed by atoms with E-state index in [0.29, 0.717) is 6.61 Å². The molecule has 0 unspecified atom stereocenters. The minimum absolute atomic E-state index is 0.124. The second kappa shape index (κ2) is 7.45. The van der Waals surface area contributed by atoms with E-state index < -0.39 is 12.1 Å². The van der Waals surface area contributed by atoms with Crippen LogP contribution in [-0.2, 0) is 20.9 Å². The average Bonchev–Trinajstić information content (AvgIpc) is 2.38. The molecule has 0 aliphatic carbocycles. The predicted octanol–water partition coefficient (Wildman–Crippen LogP) is 1.52. The smallest absolute Gasteiger partial charge is 0.407 e. The van der Waals surface area contributed by atoms with Gasteiger partial charge in [0, 0.05) is 0 Å². The zero-order valence-electron chi connectivity index (χ0n) is 10.5. The maximum Gasteiger partial charge on any atom is 0.407 e. The number of methoxy groups -OCH3 is 1. The Labute approximate surface area is 106 Å². The highest BCUT2D eigenvalue weighted by Gasteiger charge is 2.17. The Morgan fingerprint density at radius 3 is 2.50 bits per heavy atom. The Morgan fingerprint density at radius 2 is 1.94 bits per heavy atom. The number of alkyl carbamates (subject to hydrolysis) is 1. The Hall–Kier alpha value is -1.88. The maximum atomic E-state index is 11.3. The third-order valence-corrected chi connectivity index (χ3v) is 2.36. The average molecular weight is 251 g/mol. The third kappa shape index (κ3) is 4.97. The van der Waals surface area contributed by atoms with Gasteiger partial charge < -0.3 is 14.8 Å². The fraction of sp³-hybridized carbons (Fsp3) is 0.385. The lowest BCUT2D eigenvalue weighted by Crippen LogP contribution is -2.42. The minimum atomic E-state index is -0.679. The molecule has 0 saturated heterocycles. The van der Waals surface area contributed by atoms with Gasteiger partial charge in [-0.2, -0.15) is 0 Å². The number of nitrogens with one attached hydrogen (secondary N) is 1. The van der Waals surface area contributed by atoms with Gasteiger partial charge >= 0.3 is 6.09 Å². The summed E-state index contributed by atoms with van der Waals surface area (Å²) >= 11 is 0. The first-order chi connectivity index (χ1) is 8.63. The van der Waals surface area contributed by atoms with Crippen molar-refractivity contribution in [1.29, 1.82) is 0 Å². The summed E-state index contributed by atoms with van der Waals surface area (Å²) in [6, 6.07) is 8.91. The molecule has 0 aromatic heterocycles. The number of hydrogen-bond donors (Lipinski definition) is 1. The van der Waals surface area contributed by atoms with Crippen LogP contribution in [0, 0.1) is 0 Å². The summed E-state index contributed by atoms with van der Waals surface area (Å²) in [6.07, 6.45) is -0.640. The monoisotopic (exact) mass is 251 g/mol. The van der Waals surface area contributed by atoms with Gasteiger partial charge in [-0.05, 0) is 12.5 Å². The molecule has 98 valence electrons. The Balaban J connectivity index is 2.38. The van der Waals surface area contributed by atoms with Crippen molar-refractivity contribution in [2.45, 2.75) is 19.6 Å². The summed E-state index contributed by atoms with van der Waals surface area (Å²) < 4.78 is 9.84. The van der Waals surface area contributed by atoms with Crippen LogP contribution < -0.4 is 5.32 Å². The van der Waals surface area contributed by atoms with Crippen LogP contribution in [-0.4, -0.2) is 31.6 Å². The quantitative estimate of drug-likeness (QED) is 0.832. The number of Topliss-reactive ketones (excluding diaryl/α,β-unsaturated/α-hetero) is 1. The largest absolute Gasteiger partial charge is 0.453 e. The number of hydrogen-bond acceptors (Lipinski definition) is 4. The molecule has 0 fully saturated rings. The van der Waals surface area contributed by atoms with Crippen molar-refractivity contribution in [2.24, 2.45) is 0 Å². The summed E-state index contributed by atoms with van der Waals surface area (Å²) in [5, 5.41) is 2.42. The molecule has 1 rings (SSSR count). The van der Waals surface area contributed by atoms with Gasteiger partial charge in [-0.3, -0.25) is 4.79 Å². The van der Waals surface area contributed by atoms with Crippen LogP contribution in [0.5, 0.6) is 0 Å². The molecular weight excluding hydrogens is 234 g/mol. The molecule has 0 bridgehead atoms. The molecule has 1 aromatic carbocycles. The predicted molar refractivity (Wildman–Crippen MR) is 66.1 cm³/mol. The molecule has 1 N–H and O–H groups in total. The normalized spacial score (nSPS) is 11.7. The number of amides is 1. The summed E-state index contributed by atoms with van der Waals surface area (Å²) in [4.78, 5) is 22.3. The van der Waals surface area contributed by atoms with E-state index >= 15 is 0 Å². The van der Waals surface area contributed by atoms with Gasteiger partial charge in [-0.15, -0.1) is 0 Å². The molecule has 5 nitrogen and oxygen atoms in total. The second-order valence-corrected chi connectivity index (χ2v) is 3.80. The molecule has 1 aromatic rings. The molecule has 18 heavy (non-hydrogen) atoms. The molecule has 1 atom stereocenters. The fourth-order valence-corrected chi connectivity index (χ4v) is 1.33. The molecule has 0 saturated carbocycles. The van der Waals surface area contributed by atoms with Crippen LogP contribution in [0.15, 0.2) is 30.3 Å². The highest BCUT2D eigenvalue weighted by atomic mass is 16.5. The van der Waals surface area contributed by atoms with E-state index in [1.54, 1.807) is 0 Å². The van der Waals surface area contributed by atoms with Crippen molar-refractivity contribution in [3.8, 4) is 0 Å². The third-order valence-electron chi connectivity index (χ3n) is 2.36. The van der Waals surface area contributed by atoms with Gasteiger partial charge in [0.15, 0.2) is 5.78 Å². The molecule has 0 radical (unpaired) electrons. The Kier molecular flexibility index (Phi) is 5.87. The van der Waals surface area contributed by atoms with Crippen molar-refractivity contribution >= 4 is 11.9 Å². The summed E-state index contributed by atoms with van der Waals surface area (Å²) in [5.74, 6) is -0.173. The number of carbonyl (C=O) groups is 2. The van der Waals surface area contributed by atoms with Crippen LogP contribution >= 0.6 is 0 Å². The summed E-state index contributed by atoms with van der Waals surface area (Å²) in [6.45, 7) is 1.92. The van der Waals surface area contributed by atoms with Crippen LogP contribution in [0.2, 0.25) is 0 Å². The van der Waals surface area contributed by atoms with E-state index in [9.17, 15) is 9.59 Å². The standard InChI is InChI=1S/C13H17NO4/c1-10(15)12(14-13(16)17-2)9-18-8-11-6-4-3-5-7-11/h3-7,12H,8-9H2,1-2H3,(H,14,16)/t12-/m1/s1.